The lowest BCUT2D eigenvalue weighted by Crippen LogP contribution is -2.22. The van der Waals surface area contributed by atoms with E-state index in [-0.39, 0.29) is 5.41 Å². The SMILES string of the molecule is CC(C)(C)COC(=O)Nc1cc(Nc2ccccc2)nc(-c2ccccc2)n1. The summed E-state index contributed by atoms with van der Waals surface area (Å²) in [4.78, 5) is 21.2. The third-order valence-electron chi connectivity index (χ3n) is 3.67. The summed E-state index contributed by atoms with van der Waals surface area (Å²) in [6.07, 6.45) is -0.543. The van der Waals surface area contributed by atoms with Crippen molar-refractivity contribution in [3.63, 3.8) is 0 Å². The van der Waals surface area contributed by atoms with E-state index in [1.54, 1.807) is 6.07 Å². The van der Waals surface area contributed by atoms with Crippen LogP contribution in [-0.4, -0.2) is 22.7 Å². The molecule has 1 aromatic heterocycles. The lowest BCUT2D eigenvalue weighted by molar-refractivity contribution is 0.118. The Morgan fingerprint density at radius 2 is 1.54 bits per heavy atom. The summed E-state index contributed by atoms with van der Waals surface area (Å²) in [5.41, 5.74) is 1.63. The van der Waals surface area contributed by atoms with Crippen molar-refractivity contribution in [3.05, 3.63) is 66.7 Å². The van der Waals surface area contributed by atoms with Crippen molar-refractivity contribution in [2.75, 3.05) is 17.2 Å². The second kappa shape index (κ2) is 8.52. The zero-order chi connectivity index (χ0) is 20.0. The second-order valence-corrected chi connectivity index (χ2v) is 7.58. The zero-order valence-corrected chi connectivity index (χ0v) is 16.3. The van der Waals surface area contributed by atoms with Crippen molar-refractivity contribution in [2.45, 2.75) is 20.8 Å². The number of benzene rings is 2. The molecule has 144 valence electrons. The molecular formula is C22H24N4O2. The number of aromatic nitrogens is 2. The van der Waals surface area contributed by atoms with Crippen molar-refractivity contribution in [1.82, 2.24) is 9.97 Å². The molecule has 3 aromatic rings. The predicted octanol–water partition coefficient (Wildman–Crippen LogP) is 5.48. The van der Waals surface area contributed by atoms with Gasteiger partial charge >= 0.3 is 6.09 Å². The summed E-state index contributed by atoms with van der Waals surface area (Å²) in [6.45, 7) is 6.31. The summed E-state index contributed by atoms with van der Waals surface area (Å²) in [6, 6.07) is 21.0. The van der Waals surface area contributed by atoms with Crippen LogP contribution in [0.15, 0.2) is 66.7 Å². The normalized spacial score (nSPS) is 11.0. The van der Waals surface area contributed by atoms with Crippen molar-refractivity contribution in [2.24, 2.45) is 5.41 Å². The number of amides is 1. The van der Waals surface area contributed by atoms with E-state index in [0.717, 1.165) is 11.3 Å². The molecule has 0 aliphatic heterocycles. The number of nitrogens with one attached hydrogen (secondary N) is 2. The van der Waals surface area contributed by atoms with Crippen LogP contribution < -0.4 is 10.6 Å². The third-order valence-corrected chi connectivity index (χ3v) is 3.67. The smallest absolute Gasteiger partial charge is 0.412 e. The van der Waals surface area contributed by atoms with Crippen LogP contribution in [0.5, 0.6) is 0 Å². The summed E-state index contributed by atoms with van der Waals surface area (Å²) in [5.74, 6) is 1.45. The molecule has 0 spiro atoms. The number of hydrogen-bond acceptors (Lipinski definition) is 5. The van der Waals surface area contributed by atoms with E-state index in [1.807, 2.05) is 81.4 Å². The topological polar surface area (TPSA) is 76.1 Å². The van der Waals surface area contributed by atoms with Crippen LogP contribution in [-0.2, 0) is 4.74 Å². The Morgan fingerprint density at radius 3 is 2.18 bits per heavy atom. The van der Waals surface area contributed by atoms with Crippen molar-refractivity contribution in [1.29, 1.82) is 0 Å². The first-order chi connectivity index (χ1) is 13.4. The van der Waals surface area contributed by atoms with Crippen molar-refractivity contribution in [3.8, 4) is 11.4 Å². The molecule has 0 unspecified atom stereocenters. The fraction of sp³-hybridized carbons (Fsp3) is 0.227. The summed E-state index contributed by atoms with van der Waals surface area (Å²) < 4.78 is 5.28. The lowest BCUT2D eigenvalue weighted by atomic mass is 9.99. The summed E-state index contributed by atoms with van der Waals surface area (Å²) >= 11 is 0. The van der Waals surface area contributed by atoms with E-state index in [2.05, 4.69) is 20.6 Å². The third kappa shape index (κ3) is 5.81. The Labute approximate surface area is 165 Å². The minimum atomic E-state index is -0.543. The van der Waals surface area contributed by atoms with Crippen LogP contribution in [0.25, 0.3) is 11.4 Å². The quantitative estimate of drug-likeness (QED) is 0.616. The molecule has 1 heterocycles. The van der Waals surface area contributed by atoms with Crippen LogP contribution in [0.2, 0.25) is 0 Å². The van der Waals surface area contributed by atoms with E-state index in [1.165, 1.54) is 0 Å². The molecule has 0 saturated heterocycles. The minimum absolute atomic E-state index is 0.113. The molecule has 0 aliphatic rings. The molecular weight excluding hydrogens is 352 g/mol. The Hall–Kier alpha value is -3.41. The molecule has 28 heavy (non-hydrogen) atoms. The lowest BCUT2D eigenvalue weighted by Gasteiger charge is -2.18. The van der Waals surface area contributed by atoms with Crippen molar-refractivity contribution >= 4 is 23.4 Å². The monoisotopic (exact) mass is 376 g/mol. The fourth-order valence-corrected chi connectivity index (χ4v) is 2.38. The van der Waals surface area contributed by atoms with E-state index < -0.39 is 6.09 Å². The molecule has 0 saturated carbocycles. The predicted molar refractivity (Wildman–Crippen MR) is 112 cm³/mol. The Kier molecular flexibility index (Phi) is 5.89. The molecule has 1 amide bonds. The van der Waals surface area contributed by atoms with Crippen molar-refractivity contribution < 1.29 is 9.53 Å². The summed E-state index contributed by atoms with van der Waals surface area (Å²) in [5, 5.41) is 5.94. The van der Waals surface area contributed by atoms with Crippen LogP contribution in [0.4, 0.5) is 22.1 Å². The molecule has 3 rings (SSSR count). The minimum Gasteiger partial charge on any atom is -0.449 e. The number of rotatable bonds is 5. The van der Waals surface area contributed by atoms with Gasteiger partial charge in [-0.05, 0) is 17.5 Å². The maximum Gasteiger partial charge on any atom is 0.412 e. The van der Waals surface area contributed by atoms with E-state index in [4.69, 9.17) is 4.74 Å². The van der Waals surface area contributed by atoms with E-state index in [9.17, 15) is 4.79 Å². The summed E-state index contributed by atoms with van der Waals surface area (Å²) in [7, 11) is 0. The fourth-order valence-electron chi connectivity index (χ4n) is 2.38. The van der Waals surface area contributed by atoms with Gasteiger partial charge in [0.05, 0.1) is 6.61 Å². The van der Waals surface area contributed by atoms with Gasteiger partial charge in [-0.15, -0.1) is 0 Å². The highest BCUT2D eigenvalue weighted by Gasteiger charge is 2.15. The van der Waals surface area contributed by atoms with Gasteiger partial charge in [-0.1, -0.05) is 69.3 Å². The highest BCUT2D eigenvalue weighted by Crippen LogP contribution is 2.23. The first kappa shape index (κ1) is 19.4. The maximum atomic E-state index is 12.2. The van der Waals surface area contributed by atoms with Gasteiger partial charge in [0.15, 0.2) is 5.82 Å². The van der Waals surface area contributed by atoms with Gasteiger partial charge in [0, 0.05) is 17.3 Å². The first-order valence-corrected chi connectivity index (χ1v) is 9.09. The van der Waals surface area contributed by atoms with Gasteiger partial charge in [-0.25, -0.2) is 14.8 Å². The number of carbonyl (C=O) groups is 1. The average molecular weight is 376 g/mol. The largest absolute Gasteiger partial charge is 0.449 e. The molecule has 0 bridgehead atoms. The van der Waals surface area contributed by atoms with Crippen LogP contribution in [0.3, 0.4) is 0 Å². The molecule has 6 heteroatoms. The maximum absolute atomic E-state index is 12.2. The zero-order valence-electron chi connectivity index (χ0n) is 16.3. The molecule has 0 radical (unpaired) electrons. The molecule has 0 atom stereocenters. The number of anilines is 3. The standard InChI is InChI=1S/C22H24N4O2/c1-22(2,3)15-28-21(27)26-19-14-18(23-17-12-8-5-9-13-17)24-20(25-19)16-10-6-4-7-11-16/h4-14H,15H2,1-3H3,(H2,23,24,25,26,27). The molecule has 6 nitrogen and oxygen atoms in total. The van der Waals surface area contributed by atoms with E-state index >= 15 is 0 Å². The van der Waals surface area contributed by atoms with Gasteiger partial charge in [0.1, 0.15) is 11.6 Å². The van der Waals surface area contributed by atoms with Gasteiger partial charge in [-0.3, -0.25) is 5.32 Å². The number of ether oxygens (including phenoxy) is 1. The van der Waals surface area contributed by atoms with E-state index in [0.29, 0.717) is 24.1 Å². The highest BCUT2D eigenvalue weighted by molar-refractivity contribution is 5.84. The molecule has 0 aliphatic carbocycles. The Bertz CT molecular complexity index is 922. The van der Waals surface area contributed by atoms with Crippen LogP contribution in [0.1, 0.15) is 20.8 Å². The van der Waals surface area contributed by atoms with Gasteiger partial charge in [0.25, 0.3) is 0 Å². The number of nitrogens with zero attached hydrogens (tertiary/aromatic N) is 2. The Balaban J connectivity index is 1.86. The highest BCUT2D eigenvalue weighted by atomic mass is 16.5. The number of para-hydroxylation sites is 1. The number of hydrogen-bond donors (Lipinski definition) is 2. The van der Waals surface area contributed by atoms with Gasteiger partial charge in [-0.2, -0.15) is 0 Å². The first-order valence-electron chi connectivity index (χ1n) is 9.09. The van der Waals surface area contributed by atoms with Crippen LogP contribution in [0, 0.1) is 5.41 Å². The van der Waals surface area contributed by atoms with Crippen LogP contribution >= 0.6 is 0 Å². The molecule has 0 fully saturated rings. The van der Waals surface area contributed by atoms with Gasteiger partial charge in [0.2, 0.25) is 0 Å². The Morgan fingerprint density at radius 1 is 0.929 bits per heavy atom. The van der Waals surface area contributed by atoms with Gasteiger partial charge < -0.3 is 10.1 Å². The second-order valence-electron chi connectivity index (χ2n) is 7.58. The molecule has 2 aromatic carbocycles. The number of carbonyl (C=O) groups excluding carboxylic acids is 1. The average Bonchev–Trinajstić information content (AvgIpc) is 2.67. The molecule has 2 N–H and O–H groups in total.